The molecule has 0 heterocycles. The number of nitrogens with one attached hydrogen (secondary N) is 2. The van der Waals surface area contributed by atoms with Gasteiger partial charge in [0.1, 0.15) is 0 Å². The van der Waals surface area contributed by atoms with Crippen molar-refractivity contribution in [3.63, 3.8) is 0 Å². The Labute approximate surface area is 99.5 Å². The standard InChI is InChI=1S/C12H26N4/c1-12(2,16(4)5)9-15-11(13-3)14-8-10-6-7-10/h10H,6-9H2,1-5H3,(H2,13,14,15). The smallest absolute Gasteiger partial charge is 0.191 e. The van der Waals surface area contributed by atoms with E-state index < -0.39 is 0 Å². The Balaban J connectivity index is 2.27. The van der Waals surface area contributed by atoms with Gasteiger partial charge in [0.25, 0.3) is 0 Å². The maximum Gasteiger partial charge on any atom is 0.191 e. The van der Waals surface area contributed by atoms with Crippen molar-refractivity contribution in [2.45, 2.75) is 32.2 Å². The van der Waals surface area contributed by atoms with Gasteiger partial charge < -0.3 is 15.5 Å². The Morgan fingerprint density at radius 3 is 2.38 bits per heavy atom. The van der Waals surface area contributed by atoms with Gasteiger partial charge in [-0.25, -0.2) is 0 Å². The van der Waals surface area contributed by atoms with E-state index in [1.54, 1.807) is 0 Å². The molecule has 1 aliphatic carbocycles. The van der Waals surface area contributed by atoms with Gasteiger partial charge in [-0.3, -0.25) is 4.99 Å². The maximum atomic E-state index is 4.23. The molecule has 0 amide bonds. The van der Waals surface area contributed by atoms with Crippen molar-refractivity contribution in [1.82, 2.24) is 15.5 Å². The highest BCUT2D eigenvalue weighted by Crippen LogP contribution is 2.27. The van der Waals surface area contributed by atoms with Gasteiger partial charge in [0.2, 0.25) is 0 Å². The second kappa shape index (κ2) is 5.53. The van der Waals surface area contributed by atoms with Crippen molar-refractivity contribution in [3.05, 3.63) is 0 Å². The van der Waals surface area contributed by atoms with Crippen molar-refractivity contribution in [2.24, 2.45) is 10.9 Å². The van der Waals surface area contributed by atoms with E-state index in [0.717, 1.165) is 25.0 Å². The summed E-state index contributed by atoms with van der Waals surface area (Å²) in [5, 5.41) is 6.73. The maximum absolute atomic E-state index is 4.23. The molecule has 0 bridgehead atoms. The zero-order valence-electron chi connectivity index (χ0n) is 11.3. The van der Waals surface area contributed by atoms with Crippen LogP contribution in [0.1, 0.15) is 26.7 Å². The van der Waals surface area contributed by atoms with E-state index in [1.165, 1.54) is 12.8 Å². The summed E-state index contributed by atoms with van der Waals surface area (Å²) in [6.45, 7) is 6.38. The molecular weight excluding hydrogens is 200 g/mol. The van der Waals surface area contributed by atoms with Gasteiger partial charge >= 0.3 is 0 Å². The molecule has 94 valence electrons. The fraction of sp³-hybridized carbons (Fsp3) is 0.917. The zero-order valence-corrected chi connectivity index (χ0v) is 11.3. The Morgan fingerprint density at radius 2 is 1.94 bits per heavy atom. The first-order valence-electron chi connectivity index (χ1n) is 6.07. The predicted molar refractivity (Wildman–Crippen MR) is 69.9 cm³/mol. The summed E-state index contributed by atoms with van der Waals surface area (Å²) in [7, 11) is 6.02. The normalized spacial score (nSPS) is 17.8. The predicted octanol–water partition coefficient (Wildman–Crippen LogP) is 0.902. The third-order valence-corrected chi connectivity index (χ3v) is 3.38. The van der Waals surface area contributed by atoms with Gasteiger partial charge in [-0.2, -0.15) is 0 Å². The van der Waals surface area contributed by atoms with Gasteiger partial charge in [-0.05, 0) is 46.7 Å². The molecule has 0 spiro atoms. The summed E-state index contributed by atoms with van der Waals surface area (Å²) in [5.41, 5.74) is 0.136. The number of aliphatic imine (C=N–C) groups is 1. The molecule has 0 unspecified atom stereocenters. The molecule has 2 N–H and O–H groups in total. The quantitative estimate of drug-likeness (QED) is 0.540. The lowest BCUT2D eigenvalue weighted by Crippen LogP contribution is -2.51. The van der Waals surface area contributed by atoms with E-state index in [1.807, 2.05) is 7.05 Å². The second-order valence-corrected chi connectivity index (χ2v) is 5.46. The molecule has 0 atom stereocenters. The highest BCUT2D eigenvalue weighted by Gasteiger charge is 2.23. The average Bonchev–Trinajstić information content (AvgIpc) is 3.01. The first-order chi connectivity index (χ1) is 7.45. The van der Waals surface area contributed by atoms with Crippen LogP contribution in [0.5, 0.6) is 0 Å². The summed E-state index contributed by atoms with van der Waals surface area (Å²) < 4.78 is 0. The van der Waals surface area contributed by atoms with Crippen molar-refractivity contribution >= 4 is 5.96 Å². The van der Waals surface area contributed by atoms with E-state index in [9.17, 15) is 0 Å². The first-order valence-corrected chi connectivity index (χ1v) is 6.07. The van der Waals surface area contributed by atoms with Gasteiger partial charge in [0, 0.05) is 25.7 Å². The molecule has 1 saturated carbocycles. The lowest BCUT2D eigenvalue weighted by Gasteiger charge is -2.33. The van der Waals surface area contributed by atoms with Crippen LogP contribution < -0.4 is 10.6 Å². The monoisotopic (exact) mass is 226 g/mol. The molecule has 4 heteroatoms. The highest BCUT2D eigenvalue weighted by molar-refractivity contribution is 5.79. The molecular formula is C12H26N4. The van der Waals surface area contributed by atoms with Gasteiger partial charge in [0.15, 0.2) is 5.96 Å². The summed E-state index contributed by atoms with van der Waals surface area (Å²) in [6, 6.07) is 0. The number of hydrogen-bond donors (Lipinski definition) is 2. The first kappa shape index (κ1) is 13.3. The third kappa shape index (κ3) is 4.39. The molecule has 16 heavy (non-hydrogen) atoms. The van der Waals surface area contributed by atoms with Crippen LogP contribution in [0, 0.1) is 5.92 Å². The molecule has 1 aliphatic rings. The second-order valence-electron chi connectivity index (χ2n) is 5.46. The van der Waals surface area contributed by atoms with Crippen LogP contribution in [-0.4, -0.2) is 50.6 Å². The lowest BCUT2D eigenvalue weighted by molar-refractivity contribution is 0.197. The Hall–Kier alpha value is -0.770. The molecule has 4 nitrogen and oxygen atoms in total. The van der Waals surface area contributed by atoms with Crippen molar-refractivity contribution in [1.29, 1.82) is 0 Å². The Morgan fingerprint density at radius 1 is 1.31 bits per heavy atom. The summed E-state index contributed by atoms with van der Waals surface area (Å²) >= 11 is 0. The molecule has 0 aromatic heterocycles. The number of guanidine groups is 1. The SMILES string of the molecule is CN=C(NCC1CC1)NCC(C)(C)N(C)C. The van der Waals surface area contributed by atoms with Crippen LogP contribution >= 0.6 is 0 Å². The van der Waals surface area contributed by atoms with Crippen LogP contribution in [0.3, 0.4) is 0 Å². The number of likely N-dealkylation sites (N-methyl/N-ethyl adjacent to an activating group) is 1. The van der Waals surface area contributed by atoms with Crippen molar-refractivity contribution in [2.75, 3.05) is 34.2 Å². The minimum atomic E-state index is 0.136. The number of nitrogens with zero attached hydrogens (tertiary/aromatic N) is 2. The fourth-order valence-corrected chi connectivity index (χ4v) is 1.24. The third-order valence-electron chi connectivity index (χ3n) is 3.38. The van der Waals surface area contributed by atoms with Crippen LogP contribution in [0.2, 0.25) is 0 Å². The van der Waals surface area contributed by atoms with Gasteiger partial charge in [0.05, 0.1) is 0 Å². The highest BCUT2D eigenvalue weighted by atomic mass is 15.2. The van der Waals surface area contributed by atoms with Crippen LogP contribution in [-0.2, 0) is 0 Å². The minimum Gasteiger partial charge on any atom is -0.356 e. The molecule has 0 aromatic rings. The summed E-state index contributed by atoms with van der Waals surface area (Å²) in [5.74, 6) is 1.79. The van der Waals surface area contributed by atoms with Crippen LogP contribution in [0.15, 0.2) is 4.99 Å². The fourth-order valence-electron chi connectivity index (χ4n) is 1.24. The van der Waals surface area contributed by atoms with E-state index in [4.69, 9.17) is 0 Å². The van der Waals surface area contributed by atoms with Crippen LogP contribution in [0.4, 0.5) is 0 Å². The topological polar surface area (TPSA) is 39.7 Å². The van der Waals surface area contributed by atoms with Crippen LogP contribution in [0.25, 0.3) is 0 Å². The minimum absolute atomic E-state index is 0.136. The lowest BCUT2D eigenvalue weighted by atomic mass is 10.0. The van der Waals surface area contributed by atoms with E-state index in [-0.39, 0.29) is 5.54 Å². The summed E-state index contributed by atoms with van der Waals surface area (Å²) in [4.78, 5) is 6.44. The van der Waals surface area contributed by atoms with Gasteiger partial charge in [-0.15, -0.1) is 0 Å². The molecule has 1 fully saturated rings. The number of rotatable bonds is 5. The molecule has 0 aromatic carbocycles. The van der Waals surface area contributed by atoms with Gasteiger partial charge in [-0.1, -0.05) is 0 Å². The number of hydrogen-bond acceptors (Lipinski definition) is 2. The van der Waals surface area contributed by atoms with E-state index in [0.29, 0.717) is 0 Å². The molecule has 0 aliphatic heterocycles. The van der Waals surface area contributed by atoms with Crippen molar-refractivity contribution in [3.8, 4) is 0 Å². The van der Waals surface area contributed by atoms with E-state index >= 15 is 0 Å². The molecule has 0 radical (unpaired) electrons. The zero-order chi connectivity index (χ0) is 12.2. The molecule has 1 rings (SSSR count). The van der Waals surface area contributed by atoms with E-state index in [2.05, 4.69) is 48.5 Å². The largest absolute Gasteiger partial charge is 0.356 e. The Bertz CT molecular complexity index is 241. The Kier molecular flexibility index (Phi) is 4.59. The molecule has 0 saturated heterocycles. The van der Waals surface area contributed by atoms with Crippen molar-refractivity contribution < 1.29 is 0 Å². The summed E-state index contributed by atoms with van der Waals surface area (Å²) in [6.07, 6.45) is 2.74. The average molecular weight is 226 g/mol.